The van der Waals surface area contributed by atoms with Crippen molar-refractivity contribution in [2.75, 3.05) is 6.61 Å². The molecule has 3 aromatic heterocycles. The maximum Gasteiger partial charge on any atom is 0.261 e. The van der Waals surface area contributed by atoms with E-state index in [9.17, 15) is 0 Å². The summed E-state index contributed by atoms with van der Waals surface area (Å²) in [7, 11) is -0.760. The van der Waals surface area contributed by atoms with E-state index in [0.29, 0.717) is 17.8 Å². The highest BCUT2D eigenvalue weighted by atomic mass is 28.4. The number of fused-ring (bicyclic) bond motifs is 3. The van der Waals surface area contributed by atoms with Crippen LogP contribution in [0.2, 0.25) is 5.04 Å². The second-order valence-electron chi connectivity index (χ2n) is 14.3. The quantitative estimate of drug-likeness (QED) is 0.195. The van der Waals surface area contributed by atoms with Crippen molar-refractivity contribution >= 4 is 40.8 Å². The third-order valence-electron chi connectivity index (χ3n) is 9.83. The molecule has 4 atom stereocenters. The van der Waals surface area contributed by atoms with Crippen LogP contribution in [0.4, 0.5) is 0 Å². The Morgan fingerprint density at radius 1 is 0.833 bits per heavy atom. The number of hydrogen-bond acceptors (Lipinski definition) is 7. The van der Waals surface area contributed by atoms with Crippen LogP contribution in [0.3, 0.4) is 0 Å². The van der Waals surface area contributed by atoms with E-state index in [1.807, 2.05) is 30.5 Å². The van der Waals surface area contributed by atoms with Gasteiger partial charge in [-0.1, -0.05) is 99.6 Å². The monoisotopic (exact) mass is 659 g/mol. The highest BCUT2D eigenvalue weighted by molar-refractivity contribution is 6.99. The molecule has 6 aromatic rings. The minimum atomic E-state index is -2.81. The Morgan fingerprint density at radius 3 is 2.15 bits per heavy atom. The number of aryl methyl sites for hydroxylation is 1. The Morgan fingerprint density at radius 2 is 1.48 bits per heavy atom. The number of nitrogens with zero attached hydrogens (tertiary/aromatic N) is 5. The molecule has 10 heteroatoms. The highest BCUT2D eigenvalue weighted by Crippen LogP contribution is 2.45. The van der Waals surface area contributed by atoms with Gasteiger partial charge in [0.2, 0.25) is 0 Å². The number of imidazole rings is 1. The molecule has 0 amide bonds. The second kappa shape index (κ2) is 11.5. The van der Waals surface area contributed by atoms with Gasteiger partial charge in [0.25, 0.3) is 8.32 Å². The second-order valence-corrected chi connectivity index (χ2v) is 18.6. The molecular formula is C38H41N5O4Si. The summed E-state index contributed by atoms with van der Waals surface area (Å²) in [4.78, 5) is 14.2. The summed E-state index contributed by atoms with van der Waals surface area (Å²) in [6.07, 6.45) is 1.73. The summed E-state index contributed by atoms with van der Waals surface area (Å²) in [5, 5.41) is 3.41. The molecule has 2 aliphatic heterocycles. The van der Waals surface area contributed by atoms with Gasteiger partial charge in [0.15, 0.2) is 17.7 Å². The molecule has 0 radical (unpaired) electrons. The molecule has 48 heavy (non-hydrogen) atoms. The van der Waals surface area contributed by atoms with Gasteiger partial charge in [-0.05, 0) is 41.4 Å². The van der Waals surface area contributed by atoms with E-state index in [1.54, 1.807) is 12.7 Å². The van der Waals surface area contributed by atoms with Crippen LogP contribution >= 0.6 is 0 Å². The fourth-order valence-electron chi connectivity index (χ4n) is 7.73. The first-order chi connectivity index (χ1) is 23.1. The Kier molecular flexibility index (Phi) is 7.42. The Balaban J connectivity index is 1.16. The zero-order valence-corrected chi connectivity index (χ0v) is 29.2. The van der Waals surface area contributed by atoms with Crippen molar-refractivity contribution < 1.29 is 18.6 Å². The van der Waals surface area contributed by atoms with Crippen LogP contribution in [0.1, 0.15) is 40.8 Å². The lowest BCUT2D eigenvalue weighted by Gasteiger charge is -2.43. The minimum Gasteiger partial charge on any atom is -0.405 e. The predicted octanol–water partition coefficient (Wildman–Crippen LogP) is 5.98. The topological polar surface area (TPSA) is 85.5 Å². The molecule has 9 nitrogen and oxygen atoms in total. The zero-order chi connectivity index (χ0) is 33.3. The largest absolute Gasteiger partial charge is 0.405 e. The van der Waals surface area contributed by atoms with Crippen LogP contribution in [0.25, 0.3) is 33.5 Å². The Labute approximate surface area is 281 Å². The van der Waals surface area contributed by atoms with Crippen molar-refractivity contribution in [1.29, 1.82) is 0 Å². The van der Waals surface area contributed by atoms with Crippen LogP contribution in [0.15, 0.2) is 104 Å². The van der Waals surface area contributed by atoms with Gasteiger partial charge >= 0.3 is 0 Å². The standard InChI is InChI=1S/C38H41N5O4Si/c1-37(2,3)48(26-16-9-7-10-17-26,27-18-11-8-12-19-27)44-22-30-33-34(47-38(4,5)46-33)36(45-30)43-24-41-32-31(39-23-40-35(32)43)29-21-25-15-13-14-20-28(25)42(29)6/h7-21,23-24,30,33-34,36H,22H2,1-6H3/t30-,33-,34-,36-/m1/s1. The van der Waals surface area contributed by atoms with Gasteiger partial charge < -0.3 is 23.2 Å². The molecule has 0 N–H and O–H groups in total. The van der Waals surface area contributed by atoms with E-state index >= 15 is 0 Å². The minimum absolute atomic E-state index is 0.172. The molecule has 0 spiro atoms. The van der Waals surface area contributed by atoms with E-state index < -0.39 is 20.3 Å². The van der Waals surface area contributed by atoms with Crippen molar-refractivity contribution in [2.45, 2.75) is 70.0 Å². The maximum atomic E-state index is 7.32. The van der Waals surface area contributed by atoms with Crippen molar-refractivity contribution in [3.8, 4) is 11.4 Å². The zero-order valence-electron chi connectivity index (χ0n) is 28.2. The predicted molar refractivity (Wildman–Crippen MR) is 189 cm³/mol. The lowest BCUT2D eigenvalue weighted by Crippen LogP contribution is -2.67. The van der Waals surface area contributed by atoms with Crippen LogP contribution in [0.5, 0.6) is 0 Å². The van der Waals surface area contributed by atoms with E-state index in [2.05, 4.69) is 111 Å². The Hall–Kier alpha value is -4.19. The first-order valence-corrected chi connectivity index (χ1v) is 18.5. The number of para-hydroxylation sites is 1. The van der Waals surface area contributed by atoms with Crippen LogP contribution in [0, 0.1) is 0 Å². The van der Waals surface area contributed by atoms with Crippen molar-refractivity contribution in [1.82, 2.24) is 24.1 Å². The lowest BCUT2D eigenvalue weighted by atomic mass is 10.1. The number of hydrogen-bond donors (Lipinski definition) is 0. The summed E-state index contributed by atoms with van der Waals surface area (Å²) in [6.45, 7) is 11.1. The van der Waals surface area contributed by atoms with Crippen LogP contribution < -0.4 is 10.4 Å². The molecule has 5 heterocycles. The molecule has 8 rings (SSSR count). The summed E-state index contributed by atoms with van der Waals surface area (Å²) in [5.74, 6) is -0.785. The molecule has 3 aromatic carbocycles. The van der Waals surface area contributed by atoms with Gasteiger partial charge in [-0.3, -0.25) is 4.57 Å². The average molecular weight is 660 g/mol. The van der Waals surface area contributed by atoms with E-state index in [4.69, 9.17) is 33.6 Å². The molecule has 2 fully saturated rings. The maximum absolute atomic E-state index is 7.32. The van der Waals surface area contributed by atoms with Crippen molar-refractivity contribution in [2.24, 2.45) is 7.05 Å². The molecule has 2 saturated heterocycles. The van der Waals surface area contributed by atoms with Gasteiger partial charge in [-0.25, -0.2) is 15.0 Å². The third kappa shape index (κ3) is 4.93. The first-order valence-electron chi connectivity index (χ1n) is 16.6. The molecular weight excluding hydrogens is 619 g/mol. The van der Waals surface area contributed by atoms with Gasteiger partial charge in [0.05, 0.1) is 18.6 Å². The van der Waals surface area contributed by atoms with E-state index in [0.717, 1.165) is 22.3 Å². The van der Waals surface area contributed by atoms with Gasteiger partial charge in [-0.15, -0.1) is 0 Å². The van der Waals surface area contributed by atoms with Crippen molar-refractivity contribution in [3.63, 3.8) is 0 Å². The molecule has 0 aliphatic carbocycles. The van der Waals surface area contributed by atoms with Crippen LogP contribution in [-0.4, -0.2) is 63.1 Å². The van der Waals surface area contributed by atoms with Crippen molar-refractivity contribution in [3.05, 3.63) is 104 Å². The number of rotatable bonds is 7. The fourth-order valence-corrected chi connectivity index (χ4v) is 12.3. The normalized spacial score (nSPS) is 22.5. The Bertz CT molecular complexity index is 2050. The summed E-state index contributed by atoms with van der Waals surface area (Å²) >= 11 is 0. The molecule has 0 unspecified atom stereocenters. The van der Waals surface area contributed by atoms with Crippen LogP contribution in [-0.2, 0) is 25.7 Å². The molecule has 0 bridgehead atoms. The molecule has 246 valence electrons. The highest BCUT2D eigenvalue weighted by Gasteiger charge is 2.58. The molecule has 2 aliphatic rings. The number of benzene rings is 3. The lowest BCUT2D eigenvalue weighted by molar-refractivity contribution is -0.199. The summed E-state index contributed by atoms with van der Waals surface area (Å²) in [6, 6.07) is 31.8. The van der Waals surface area contributed by atoms with Gasteiger partial charge in [-0.2, -0.15) is 0 Å². The smallest absolute Gasteiger partial charge is 0.261 e. The molecule has 0 saturated carbocycles. The third-order valence-corrected chi connectivity index (χ3v) is 14.8. The van der Waals surface area contributed by atoms with E-state index in [1.165, 1.54) is 10.4 Å². The average Bonchev–Trinajstić information content (AvgIpc) is 3.82. The SMILES string of the molecule is Cn1c(-c2ncnc3c2ncn3[C@@H]2O[C@H](CO[Si](c3ccccc3)(c3ccccc3)C(C)(C)C)[C@H]3OC(C)(C)O[C@H]32)cc2ccccc21. The first kappa shape index (κ1) is 31.1. The summed E-state index contributed by atoms with van der Waals surface area (Å²) in [5.41, 5.74) is 4.24. The number of aromatic nitrogens is 5. The number of ether oxygens (including phenoxy) is 3. The summed E-state index contributed by atoms with van der Waals surface area (Å²) < 4.78 is 31.4. The van der Waals surface area contributed by atoms with Gasteiger partial charge in [0.1, 0.15) is 35.8 Å². The van der Waals surface area contributed by atoms with E-state index in [-0.39, 0.29) is 23.4 Å². The van der Waals surface area contributed by atoms with Gasteiger partial charge in [0, 0.05) is 18.0 Å². The fraction of sp³-hybridized carbons (Fsp3) is 0.342.